The SMILES string of the molecule is CC1=Cc2ccc(-n3ncc4ccccc43)cc2[C@@H]1[Zr+2]([C@H]1C(C)=Cc2ccc(-n3ncc4ccccc43)cc21)=[Si](C)C.[Cl-].[Cl-]. The number of hydrogen-bond donors (Lipinski definition) is 0. The first kappa shape index (κ1) is 31.0. The Kier molecular flexibility index (Phi) is 8.49. The number of allylic oxidation sites excluding steroid dienone is 2. The summed E-state index contributed by atoms with van der Waals surface area (Å²) in [5.41, 5.74) is 13.1. The van der Waals surface area contributed by atoms with Crippen LogP contribution in [0.2, 0.25) is 13.1 Å². The largest absolute Gasteiger partial charge is 1.00 e. The minimum absolute atomic E-state index is 0. The molecule has 4 aromatic carbocycles. The maximum atomic E-state index is 4.79. The predicted octanol–water partition coefficient (Wildman–Crippen LogP) is 2.86. The first-order valence-electron chi connectivity index (χ1n) is 14.7. The van der Waals surface area contributed by atoms with Crippen LogP contribution in [0.1, 0.15) is 43.4 Å². The molecule has 2 aliphatic rings. The average molecular weight is 711 g/mol. The van der Waals surface area contributed by atoms with E-state index >= 15 is 0 Å². The molecule has 0 N–H and O–H groups in total. The van der Waals surface area contributed by atoms with Crippen LogP contribution in [0.25, 0.3) is 45.3 Å². The second-order valence-electron chi connectivity index (χ2n) is 12.0. The zero-order chi connectivity index (χ0) is 28.5. The van der Waals surface area contributed by atoms with E-state index in [1.165, 1.54) is 44.4 Å². The molecule has 0 amide bonds. The van der Waals surface area contributed by atoms with E-state index in [0.717, 1.165) is 11.0 Å². The summed E-state index contributed by atoms with van der Waals surface area (Å²) in [6, 6.07) is 31.0. The molecule has 0 aliphatic heterocycles. The maximum Gasteiger partial charge on any atom is -1.00 e. The van der Waals surface area contributed by atoms with Gasteiger partial charge in [0.25, 0.3) is 0 Å². The van der Waals surface area contributed by atoms with Gasteiger partial charge in [-0.15, -0.1) is 0 Å². The molecule has 4 nitrogen and oxygen atoms in total. The van der Waals surface area contributed by atoms with Gasteiger partial charge in [-0.1, -0.05) is 0 Å². The molecular weight excluding hydrogens is 679 g/mol. The smallest absolute Gasteiger partial charge is 1.00 e. The summed E-state index contributed by atoms with van der Waals surface area (Å²) in [5.74, 6) is 0. The molecule has 0 saturated carbocycles. The second-order valence-corrected chi connectivity index (χ2v) is 29.8. The van der Waals surface area contributed by atoms with Crippen LogP contribution in [-0.4, -0.2) is 25.0 Å². The Hall–Kier alpha value is -3.02. The molecule has 8 heteroatoms. The topological polar surface area (TPSA) is 35.6 Å². The van der Waals surface area contributed by atoms with Crippen LogP contribution in [0.3, 0.4) is 0 Å². The normalized spacial score (nSPS) is 16.3. The summed E-state index contributed by atoms with van der Waals surface area (Å²) in [5, 5.41) is 11.9. The fourth-order valence-corrected chi connectivity index (χ4v) is 27.9. The molecule has 2 aromatic heterocycles. The van der Waals surface area contributed by atoms with Gasteiger partial charge in [-0.2, -0.15) is 0 Å². The first-order valence-corrected chi connectivity index (χ1v) is 23.7. The van der Waals surface area contributed by atoms with Crippen LogP contribution >= 0.6 is 0 Å². The molecule has 0 unspecified atom stereocenters. The third-order valence-corrected chi connectivity index (χ3v) is 29.0. The van der Waals surface area contributed by atoms with Gasteiger partial charge in [0, 0.05) is 0 Å². The van der Waals surface area contributed by atoms with Crippen molar-refractivity contribution in [3.8, 4) is 11.4 Å². The van der Waals surface area contributed by atoms with Crippen molar-refractivity contribution in [1.82, 2.24) is 19.6 Å². The molecule has 2 atom stereocenters. The summed E-state index contributed by atoms with van der Waals surface area (Å²) in [4.78, 5) is 0. The number of aromatic nitrogens is 4. The van der Waals surface area contributed by atoms with Gasteiger partial charge in [0.1, 0.15) is 0 Å². The molecule has 8 rings (SSSR count). The molecule has 2 heterocycles. The van der Waals surface area contributed by atoms with Crippen molar-refractivity contribution < 1.29 is 45.2 Å². The van der Waals surface area contributed by atoms with E-state index in [-0.39, 0.29) is 24.8 Å². The maximum absolute atomic E-state index is 4.79. The molecule has 0 radical (unpaired) electrons. The number of fused-ring (bicyclic) bond motifs is 4. The molecule has 0 bridgehead atoms. The van der Waals surface area contributed by atoms with Gasteiger partial charge in [0.15, 0.2) is 0 Å². The minimum Gasteiger partial charge on any atom is -1.00 e. The predicted molar refractivity (Wildman–Crippen MR) is 172 cm³/mol. The van der Waals surface area contributed by atoms with Crippen LogP contribution in [-0.2, 0) is 20.4 Å². The molecule has 0 fully saturated rings. The average Bonchev–Trinajstić information content (AvgIpc) is 3.76. The number of rotatable bonds is 4. The molecule has 218 valence electrons. The molecule has 0 saturated heterocycles. The Morgan fingerprint density at radius 2 is 1.05 bits per heavy atom. The summed E-state index contributed by atoms with van der Waals surface area (Å²) >= 11 is -2.19. The van der Waals surface area contributed by atoms with Crippen LogP contribution in [0, 0.1) is 0 Å². The molecule has 0 spiro atoms. The Balaban J connectivity index is 0.00000171. The van der Waals surface area contributed by atoms with Gasteiger partial charge in [0.05, 0.1) is 0 Å². The zero-order valence-corrected chi connectivity index (χ0v) is 30.1. The van der Waals surface area contributed by atoms with Gasteiger partial charge in [-0.25, -0.2) is 0 Å². The number of benzene rings is 4. The number of hydrogen-bond acceptors (Lipinski definition) is 2. The zero-order valence-electron chi connectivity index (χ0n) is 25.1. The van der Waals surface area contributed by atoms with E-state index in [1.807, 2.05) is 12.4 Å². The first-order chi connectivity index (χ1) is 20.5. The molecule has 6 aromatic rings. The Labute approximate surface area is 278 Å². The monoisotopic (exact) mass is 708 g/mol. The molecule has 2 aliphatic carbocycles. The van der Waals surface area contributed by atoms with Crippen molar-refractivity contribution in [2.45, 2.75) is 34.2 Å². The van der Waals surface area contributed by atoms with Crippen molar-refractivity contribution in [2.24, 2.45) is 0 Å². The van der Waals surface area contributed by atoms with Crippen LogP contribution in [0.15, 0.2) is 108 Å². The van der Waals surface area contributed by atoms with Gasteiger partial charge in [0.2, 0.25) is 0 Å². The fourth-order valence-electron chi connectivity index (χ4n) is 7.22. The van der Waals surface area contributed by atoms with E-state index in [9.17, 15) is 0 Å². The summed E-state index contributed by atoms with van der Waals surface area (Å²) in [6.07, 6.45) is 8.90. The van der Waals surface area contributed by atoms with Gasteiger partial charge < -0.3 is 24.8 Å². The summed E-state index contributed by atoms with van der Waals surface area (Å²) in [6.45, 7) is 9.96. The van der Waals surface area contributed by atoms with Gasteiger partial charge >= 0.3 is 256 Å². The Bertz CT molecular complexity index is 2020. The van der Waals surface area contributed by atoms with E-state index in [4.69, 9.17) is 10.2 Å². The van der Waals surface area contributed by atoms with E-state index < -0.39 is 25.8 Å². The Morgan fingerprint density at radius 1 is 0.614 bits per heavy atom. The van der Waals surface area contributed by atoms with Crippen molar-refractivity contribution in [2.75, 3.05) is 0 Å². The van der Waals surface area contributed by atoms with Crippen molar-refractivity contribution in [3.05, 3.63) is 131 Å². The van der Waals surface area contributed by atoms with Gasteiger partial charge in [-0.3, -0.25) is 0 Å². The van der Waals surface area contributed by atoms with E-state index in [2.05, 4.69) is 133 Å². The van der Waals surface area contributed by atoms with Gasteiger partial charge in [-0.05, 0) is 0 Å². The summed E-state index contributed by atoms with van der Waals surface area (Å²) in [7, 11) is 0. The number of para-hydroxylation sites is 2. The van der Waals surface area contributed by atoms with Crippen LogP contribution in [0.5, 0.6) is 0 Å². The number of halogens is 2. The molecular formula is C36H32Cl2N4SiZr. The third kappa shape index (κ3) is 4.91. The standard InChI is InChI=1S/2C17H13N2.C2H6Si.2ClH.Zr/c2*1-12-8-13-6-7-16(10-15(13)9-12)19-17-5-3-2-4-14(17)11-18-19;1-3-2;;;/h2*2-11H,1H3;1-2H3;2*1H;/q;;;;;+2/p-2. The van der Waals surface area contributed by atoms with Crippen molar-refractivity contribution in [1.29, 1.82) is 0 Å². The quantitative estimate of drug-likeness (QED) is 0.264. The fraction of sp³-hybridized carbons (Fsp3) is 0.167. The third-order valence-electron chi connectivity index (χ3n) is 9.08. The van der Waals surface area contributed by atoms with Crippen molar-refractivity contribution in [3.63, 3.8) is 0 Å². The van der Waals surface area contributed by atoms with Crippen LogP contribution < -0.4 is 24.8 Å². The van der Waals surface area contributed by atoms with Crippen molar-refractivity contribution >= 4 is 39.4 Å². The van der Waals surface area contributed by atoms with Crippen LogP contribution in [0.4, 0.5) is 0 Å². The Morgan fingerprint density at radius 3 is 1.48 bits per heavy atom. The number of nitrogens with zero attached hydrogens (tertiary/aromatic N) is 4. The molecule has 44 heavy (non-hydrogen) atoms. The second kappa shape index (κ2) is 12.1. The minimum atomic E-state index is -2.19. The van der Waals surface area contributed by atoms with E-state index in [1.54, 1.807) is 11.1 Å². The summed E-state index contributed by atoms with van der Waals surface area (Å²) < 4.78 is 5.37. The van der Waals surface area contributed by atoms with E-state index in [0.29, 0.717) is 7.25 Å².